The van der Waals surface area contributed by atoms with Gasteiger partial charge in [0, 0.05) is 42.9 Å². The second-order valence-electron chi connectivity index (χ2n) is 11.3. The third-order valence-electron chi connectivity index (χ3n) is 7.31. The third kappa shape index (κ3) is 5.99. The molecule has 2 amide bonds. The molecule has 0 aliphatic carbocycles. The van der Waals surface area contributed by atoms with E-state index in [4.69, 9.17) is 10.5 Å². The van der Waals surface area contributed by atoms with E-state index in [1.165, 1.54) is 18.5 Å². The predicted molar refractivity (Wildman–Crippen MR) is 152 cm³/mol. The molecule has 3 aromatic rings. The molecule has 9 nitrogen and oxygen atoms in total. The van der Waals surface area contributed by atoms with Crippen molar-refractivity contribution in [2.24, 2.45) is 5.92 Å². The van der Waals surface area contributed by atoms with E-state index in [2.05, 4.69) is 26.8 Å². The Bertz CT molecular complexity index is 1540. The van der Waals surface area contributed by atoms with Crippen molar-refractivity contribution in [3.8, 4) is 23.1 Å². The van der Waals surface area contributed by atoms with Gasteiger partial charge >= 0.3 is 6.09 Å². The highest BCUT2D eigenvalue weighted by Crippen LogP contribution is 2.34. The van der Waals surface area contributed by atoms with Crippen molar-refractivity contribution in [3.05, 3.63) is 71.1 Å². The fourth-order valence-corrected chi connectivity index (χ4v) is 5.34. The molecule has 2 aromatic heterocycles. The molecule has 1 aromatic carbocycles. The minimum absolute atomic E-state index is 0.0251. The van der Waals surface area contributed by atoms with E-state index < -0.39 is 17.3 Å². The standard InChI is InChI=1S/C31H33FN6O3/c1-5-25-23(9-6-19-7-11-27(33)34-15-19)28(36-18-35-25)20-8-10-22(24(32)14-20)29(39)37-16-21-12-13-38(26(21)17-37)30(40)41-31(2,3)4/h7-8,10-11,14-15,18,21,26H,5,12-13,16-17H2,1-4H3,(H2,33,34). The zero-order valence-electron chi connectivity index (χ0n) is 23.6. The molecule has 2 fully saturated rings. The zero-order valence-corrected chi connectivity index (χ0v) is 23.6. The Morgan fingerprint density at radius 3 is 2.61 bits per heavy atom. The largest absolute Gasteiger partial charge is 0.444 e. The molecule has 0 spiro atoms. The van der Waals surface area contributed by atoms with Gasteiger partial charge in [0.2, 0.25) is 0 Å². The van der Waals surface area contributed by atoms with E-state index in [0.717, 1.165) is 12.1 Å². The maximum absolute atomic E-state index is 15.5. The summed E-state index contributed by atoms with van der Waals surface area (Å²) >= 11 is 0. The van der Waals surface area contributed by atoms with Gasteiger partial charge in [0.25, 0.3) is 5.91 Å². The number of rotatable bonds is 3. The number of aromatic nitrogens is 3. The lowest BCUT2D eigenvalue weighted by Crippen LogP contribution is -2.43. The summed E-state index contributed by atoms with van der Waals surface area (Å²) in [5.41, 5.74) is 7.99. The van der Waals surface area contributed by atoms with Gasteiger partial charge in [-0.2, -0.15) is 0 Å². The fraction of sp³-hybridized carbons (Fsp3) is 0.387. The van der Waals surface area contributed by atoms with E-state index in [-0.39, 0.29) is 23.6 Å². The first kappa shape index (κ1) is 28.0. The van der Waals surface area contributed by atoms with Crippen LogP contribution in [0.4, 0.5) is 15.0 Å². The van der Waals surface area contributed by atoms with Crippen LogP contribution in [0.3, 0.4) is 0 Å². The van der Waals surface area contributed by atoms with Crippen molar-refractivity contribution >= 4 is 17.8 Å². The molecule has 0 radical (unpaired) electrons. The van der Waals surface area contributed by atoms with Crippen molar-refractivity contribution < 1.29 is 18.7 Å². The number of anilines is 1. The number of nitrogens with zero attached hydrogens (tertiary/aromatic N) is 5. The predicted octanol–water partition coefficient (Wildman–Crippen LogP) is 4.30. The SMILES string of the molecule is CCc1ncnc(-c2ccc(C(=O)N3CC4CCN(C(=O)OC(C)(C)C)C4C3)c(F)c2)c1C#Cc1ccc(N)nc1. The molecule has 2 aliphatic heterocycles. The van der Waals surface area contributed by atoms with Crippen LogP contribution >= 0.6 is 0 Å². The lowest BCUT2D eigenvalue weighted by Gasteiger charge is -2.28. The van der Waals surface area contributed by atoms with E-state index in [1.807, 2.05) is 27.7 Å². The highest BCUT2D eigenvalue weighted by Gasteiger charge is 2.46. The van der Waals surface area contributed by atoms with Gasteiger partial charge in [0.05, 0.1) is 28.6 Å². The molecule has 212 valence electrons. The molecule has 2 saturated heterocycles. The van der Waals surface area contributed by atoms with Gasteiger partial charge in [-0.05, 0) is 57.9 Å². The molecule has 2 aliphatic rings. The molecular formula is C31H33FN6O3. The van der Waals surface area contributed by atoms with Crippen LogP contribution in [0.5, 0.6) is 0 Å². The van der Waals surface area contributed by atoms with Crippen molar-refractivity contribution in [3.63, 3.8) is 0 Å². The number of hydrogen-bond donors (Lipinski definition) is 1. The van der Waals surface area contributed by atoms with Crippen LogP contribution in [-0.2, 0) is 11.2 Å². The van der Waals surface area contributed by atoms with Crippen LogP contribution in [0.25, 0.3) is 11.3 Å². The summed E-state index contributed by atoms with van der Waals surface area (Å²) in [7, 11) is 0. The number of likely N-dealkylation sites (tertiary alicyclic amines) is 2. The second-order valence-corrected chi connectivity index (χ2v) is 11.3. The third-order valence-corrected chi connectivity index (χ3v) is 7.31. The Kier molecular flexibility index (Phi) is 7.63. The number of ether oxygens (including phenoxy) is 1. The fourth-order valence-electron chi connectivity index (χ4n) is 5.34. The van der Waals surface area contributed by atoms with Crippen molar-refractivity contribution in [1.29, 1.82) is 0 Å². The average molecular weight is 557 g/mol. The average Bonchev–Trinajstić information content (AvgIpc) is 3.52. The summed E-state index contributed by atoms with van der Waals surface area (Å²) in [5, 5.41) is 0. The van der Waals surface area contributed by atoms with Gasteiger partial charge in [0.1, 0.15) is 23.6 Å². The van der Waals surface area contributed by atoms with Crippen LogP contribution in [0, 0.1) is 23.6 Å². The Labute approximate surface area is 238 Å². The van der Waals surface area contributed by atoms with E-state index >= 15 is 4.39 Å². The summed E-state index contributed by atoms with van der Waals surface area (Å²) in [4.78, 5) is 42.2. The minimum Gasteiger partial charge on any atom is -0.444 e. The maximum atomic E-state index is 15.5. The molecule has 2 N–H and O–H groups in total. The number of halogens is 1. The molecule has 10 heteroatoms. The molecular weight excluding hydrogens is 523 g/mol. The number of hydrogen-bond acceptors (Lipinski definition) is 7. The summed E-state index contributed by atoms with van der Waals surface area (Å²) < 4.78 is 21.0. The molecule has 0 bridgehead atoms. The van der Waals surface area contributed by atoms with Crippen LogP contribution in [-0.4, -0.2) is 68.0 Å². The first-order valence-corrected chi connectivity index (χ1v) is 13.7. The number of nitrogens with two attached hydrogens (primary N) is 1. The summed E-state index contributed by atoms with van der Waals surface area (Å²) in [5.74, 6) is 5.67. The van der Waals surface area contributed by atoms with Gasteiger partial charge in [-0.15, -0.1) is 0 Å². The van der Waals surface area contributed by atoms with Gasteiger partial charge < -0.3 is 20.3 Å². The Hall–Kier alpha value is -4.52. The minimum atomic E-state index is -0.646. The van der Waals surface area contributed by atoms with Crippen LogP contribution in [0.1, 0.15) is 61.3 Å². The van der Waals surface area contributed by atoms with Crippen molar-refractivity contribution in [2.75, 3.05) is 25.4 Å². The lowest BCUT2D eigenvalue weighted by atomic mass is 10.0. The second kappa shape index (κ2) is 11.2. The number of amides is 2. The Morgan fingerprint density at radius 1 is 1.12 bits per heavy atom. The van der Waals surface area contributed by atoms with Crippen LogP contribution in [0.2, 0.25) is 0 Å². The molecule has 4 heterocycles. The van der Waals surface area contributed by atoms with Crippen molar-refractivity contribution in [2.45, 2.75) is 52.2 Å². The first-order chi connectivity index (χ1) is 19.5. The Morgan fingerprint density at radius 2 is 1.93 bits per heavy atom. The number of benzene rings is 1. The zero-order chi connectivity index (χ0) is 29.3. The molecule has 5 rings (SSSR count). The van der Waals surface area contributed by atoms with Gasteiger partial charge in [-0.3, -0.25) is 4.79 Å². The quantitative estimate of drug-likeness (QED) is 0.479. The molecule has 41 heavy (non-hydrogen) atoms. The van der Waals surface area contributed by atoms with Gasteiger partial charge in [0.15, 0.2) is 0 Å². The first-order valence-electron chi connectivity index (χ1n) is 13.7. The number of carbonyl (C=O) groups excluding carboxylic acids is 2. The van der Waals surface area contributed by atoms with E-state index in [9.17, 15) is 9.59 Å². The van der Waals surface area contributed by atoms with Crippen molar-refractivity contribution in [1.82, 2.24) is 24.8 Å². The van der Waals surface area contributed by atoms with E-state index in [0.29, 0.717) is 54.3 Å². The maximum Gasteiger partial charge on any atom is 0.410 e. The summed E-state index contributed by atoms with van der Waals surface area (Å²) in [6, 6.07) is 7.78. The van der Waals surface area contributed by atoms with E-state index in [1.54, 1.807) is 34.2 Å². The van der Waals surface area contributed by atoms with Crippen LogP contribution in [0.15, 0.2) is 42.9 Å². The number of fused-ring (bicyclic) bond motifs is 1. The number of nitrogen functional groups attached to an aromatic ring is 1. The number of aryl methyl sites for hydroxylation is 1. The summed E-state index contributed by atoms with van der Waals surface area (Å²) in [6.07, 6.45) is 4.02. The topological polar surface area (TPSA) is 115 Å². The normalized spacial score (nSPS) is 18.1. The monoisotopic (exact) mass is 556 g/mol. The lowest BCUT2D eigenvalue weighted by molar-refractivity contribution is 0.0215. The van der Waals surface area contributed by atoms with Gasteiger partial charge in [-0.1, -0.05) is 24.8 Å². The Balaban J connectivity index is 1.37. The summed E-state index contributed by atoms with van der Waals surface area (Å²) in [6.45, 7) is 8.84. The highest BCUT2D eigenvalue weighted by molar-refractivity contribution is 5.95. The molecule has 2 unspecified atom stereocenters. The number of carbonyl (C=O) groups is 2. The smallest absolute Gasteiger partial charge is 0.410 e. The highest BCUT2D eigenvalue weighted by atomic mass is 19.1. The van der Waals surface area contributed by atoms with Crippen LogP contribution < -0.4 is 5.73 Å². The number of pyridine rings is 1. The molecule has 0 saturated carbocycles. The van der Waals surface area contributed by atoms with Gasteiger partial charge in [-0.25, -0.2) is 24.1 Å². The molecule has 2 atom stereocenters.